The zero-order valence-electron chi connectivity index (χ0n) is 15.6. The van der Waals surface area contributed by atoms with E-state index in [2.05, 4.69) is 15.2 Å². The largest absolute Gasteiger partial charge is 0.411 e. The summed E-state index contributed by atoms with van der Waals surface area (Å²) in [7, 11) is 0. The Labute approximate surface area is 169 Å². The van der Waals surface area contributed by atoms with E-state index in [0.717, 1.165) is 28.4 Å². The molecule has 0 fully saturated rings. The normalized spacial score (nSPS) is 12.2. The third-order valence-electron chi connectivity index (χ3n) is 4.50. The number of carbonyl (C=O) groups is 1. The van der Waals surface area contributed by atoms with Crippen LogP contribution in [0.4, 0.5) is 5.69 Å². The smallest absolute Gasteiger partial charge is 0.277 e. The van der Waals surface area contributed by atoms with E-state index in [1.54, 1.807) is 19.1 Å². The number of nitrogens with one attached hydrogen (secondary N) is 1. The Kier molecular flexibility index (Phi) is 4.89. The van der Waals surface area contributed by atoms with Crippen LogP contribution in [0.15, 0.2) is 58.2 Å². The van der Waals surface area contributed by atoms with Gasteiger partial charge in [0.05, 0.1) is 10.2 Å². The van der Waals surface area contributed by atoms with Crippen LogP contribution in [0.2, 0.25) is 0 Å². The molecule has 0 aliphatic rings. The van der Waals surface area contributed by atoms with E-state index < -0.39 is 10.2 Å². The summed E-state index contributed by atoms with van der Waals surface area (Å²) in [5, 5.41) is 19.5. The number of nitrogens with zero attached hydrogens (tertiary/aromatic N) is 3. The average Bonchev–Trinajstić information content (AvgIpc) is 3.31. The SMILES string of the molecule is Cc1[nH]c2ccccc2c1C(=O)[C@@H](C)Sc1nnc(-c2cccc([N+](=O)[O-])c2)o1. The van der Waals surface area contributed by atoms with Gasteiger partial charge in [0.1, 0.15) is 0 Å². The van der Waals surface area contributed by atoms with Crippen LogP contribution < -0.4 is 0 Å². The maximum absolute atomic E-state index is 13.0. The third-order valence-corrected chi connectivity index (χ3v) is 5.43. The van der Waals surface area contributed by atoms with E-state index in [0.29, 0.717) is 11.1 Å². The second-order valence-electron chi connectivity index (χ2n) is 6.48. The molecule has 0 spiro atoms. The number of nitro benzene ring substituents is 1. The highest BCUT2D eigenvalue weighted by atomic mass is 32.2. The summed E-state index contributed by atoms with van der Waals surface area (Å²) in [5.41, 5.74) is 2.76. The maximum Gasteiger partial charge on any atom is 0.277 e. The molecule has 1 N–H and O–H groups in total. The van der Waals surface area contributed by atoms with E-state index in [1.165, 1.54) is 12.1 Å². The number of aryl methyl sites for hydroxylation is 1. The number of hydrogen-bond acceptors (Lipinski definition) is 7. The lowest BCUT2D eigenvalue weighted by Crippen LogP contribution is -2.14. The molecule has 0 radical (unpaired) electrons. The second-order valence-corrected chi connectivity index (χ2v) is 7.77. The van der Waals surface area contributed by atoms with Crippen molar-refractivity contribution in [3.05, 3.63) is 69.9 Å². The number of aromatic nitrogens is 3. The molecule has 0 unspecified atom stereocenters. The predicted molar refractivity (Wildman–Crippen MR) is 109 cm³/mol. The zero-order valence-corrected chi connectivity index (χ0v) is 16.4. The number of benzene rings is 2. The number of Topliss-reactive ketones (excluding diaryl/α,β-unsaturated/α-hetero) is 1. The topological polar surface area (TPSA) is 115 Å². The van der Waals surface area contributed by atoms with Gasteiger partial charge >= 0.3 is 0 Å². The molecule has 146 valence electrons. The number of nitro groups is 1. The molecule has 0 saturated heterocycles. The lowest BCUT2D eigenvalue weighted by Gasteiger charge is -2.07. The Morgan fingerprint density at radius 1 is 1.21 bits per heavy atom. The van der Waals surface area contributed by atoms with Crippen LogP contribution >= 0.6 is 11.8 Å². The van der Waals surface area contributed by atoms with Crippen molar-refractivity contribution in [3.63, 3.8) is 0 Å². The number of para-hydroxylation sites is 1. The standard InChI is InChI=1S/C20H16N4O4S/c1-11-17(15-8-3-4-9-16(15)21-11)18(25)12(2)29-20-23-22-19(28-20)13-6-5-7-14(10-13)24(26)27/h3-10,12,21H,1-2H3/t12-/m1/s1. The van der Waals surface area contributed by atoms with Gasteiger partial charge in [-0.05, 0) is 26.0 Å². The van der Waals surface area contributed by atoms with Crippen LogP contribution in [0.5, 0.6) is 0 Å². The first-order chi connectivity index (χ1) is 13.9. The highest BCUT2D eigenvalue weighted by molar-refractivity contribution is 8.00. The minimum absolute atomic E-state index is 0.0416. The molecular formula is C20H16N4O4S. The van der Waals surface area contributed by atoms with Gasteiger partial charge < -0.3 is 9.40 Å². The molecule has 8 nitrogen and oxygen atoms in total. The van der Waals surface area contributed by atoms with Gasteiger partial charge in [0, 0.05) is 39.9 Å². The molecule has 0 bridgehead atoms. The third kappa shape index (κ3) is 3.64. The van der Waals surface area contributed by atoms with Crippen LogP contribution in [0.25, 0.3) is 22.4 Å². The van der Waals surface area contributed by atoms with E-state index in [1.807, 2.05) is 31.2 Å². The number of carbonyl (C=O) groups excluding carboxylic acids is 1. The molecule has 0 aliphatic heterocycles. The minimum Gasteiger partial charge on any atom is -0.411 e. The van der Waals surface area contributed by atoms with Crippen LogP contribution in [-0.2, 0) is 0 Å². The summed E-state index contributed by atoms with van der Waals surface area (Å²) in [6, 6.07) is 13.6. The molecule has 2 aromatic heterocycles. The van der Waals surface area contributed by atoms with Crippen molar-refractivity contribution >= 4 is 34.1 Å². The Morgan fingerprint density at radius 2 is 2.00 bits per heavy atom. The summed E-state index contributed by atoms with van der Waals surface area (Å²) < 4.78 is 5.62. The molecule has 0 saturated carbocycles. The van der Waals surface area contributed by atoms with Gasteiger partial charge in [-0.3, -0.25) is 14.9 Å². The summed E-state index contributed by atoms with van der Waals surface area (Å²) in [5.74, 6) is 0.124. The lowest BCUT2D eigenvalue weighted by molar-refractivity contribution is -0.384. The summed E-state index contributed by atoms with van der Waals surface area (Å²) >= 11 is 1.16. The van der Waals surface area contributed by atoms with E-state index in [9.17, 15) is 14.9 Å². The molecule has 0 aliphatic carbocycles. The monoisotopic (exact) mass is 408 g/mol. The van der Waals surface area contributed by atoms with Gasteiger partial charge in [0.25, 0.3) is 10.9 Å². The number of rotatable bonds is 6. The highest BCUT2D eigenvalue weighted by Gasteiger charge is 2.24. The molecule has 1 atom stereocenters. The molecule has 0 amide bonds. The van der Waals surface area contributed by atoms with E-state index in [-0.39, 0.29) is 22.6 Å². The molecule has 2 heterocycles. The van der Waals surface area contributed by atoms with Crippen molar-refractivity contribution in [1.82, 2.24) is 15.2 Å². The summed E-state index contributed by atoms with van der Waals surface area (Å²) in [6.45, 7) is 3.66. The number of ketones is 1. The fourth-order valence-corrected chi connectivity index (χ4v) is 3.87. The first kappa shape index (κ1) is 18.9. The van der Waals surface area contributed by atoms with Crippen LogP contribution in [0, 0.1) is 17.0 Å². The average molecular weight is 408 g/mol. The predicted octanol–water partition coefficient (Wildman–Crippen LogP) is 4.80. The Hall–Kier alpha value is -3.46. The first-order valence-corrected chi connectivity index (χ1v) is 9.68. The van der Waals surface area contributed by atoms with Gasteiger partial charge in [-0.2, -0.15) is 0 Å². The Morgan fingerprint density at radius 3 is 2.79 bits per heavy atom. The van der Waals surface area contributed by atoms with Crippen molar-refractivity contribution in [1.29, 1.82) is 0 Å². The van der Waals surface area contributed by atoms with Crippen molar-refractivity contribution in [3.8, 4) is 11.5 Å². The van der Waals surface area contributed by atoms with Crippen molar-refractivity contribution in [2.75, 3.05) is 0 Å². The summed E-state index contributed by atoms with van der Waals surface area (Å²) in [6.07, 6.45) is 0. The van der Waals surface area contributed by atoms with Gasteiger partial charge in [0.2, 0.25) is 5.89 Å². The minimum atomic E-state index is -0.486. The number of hydrogen-bond donors (Lipinski definition) is 1. The summed E-state index contributed by atoms with van der Waals surface area (Å²) in [4.78, 5) is 26.7. The number of fused-ring (bicyclic) bond motifs is 1. The Bertz CT molecular complexity index is 1230. The molecule has 4 aromatic rings. The lowest BCUT2D eigenvalue weighted by atomic mass is 10.1. The van der Waals surface area contributed by atoms with Crippen LogP contribution in [0.1, 0.15) is 23.0 Å². The number of aromatic amines is 1. The first-order valence-electron chi connectivity index (χ1n) is 8.80. The number of thioether (sulfide) groups is 1. The highest BCUT2D eigenvalue weighted by Crippen LogP contribution is 2.31. The molecule has 4 rings (SSSR count). The van der Waals surface area contributed by atoms with Gasteiger partial charge in [-0.15, -0.1) is 10.2 Å². The van der Waals surface area contributed by atoms with Crippen molar-refractivity contribution in [2.24, 2.45) is 0 Å². The van der Waals surface area contributed by atoms with E-state index in [4.69, 9.17) is 4.42 Å². The number of non-ortho nitro benzene ring substituents is 1. The molecule has 2 aromatic carbocycles. The maximum atomic E-state index is 13.0. The fourth-order valence-electron chi connectivity index (χ4n) is 3.13. The molecule has 9 heteroatoms. The van der Waals surface area contributed by atoms with Crippen molar-refractivity contribution in [2.45, 2.75) is 24.3 Å². The second kappa shape index (κ2) is 7.51. The van der Waals surface area contributed by atoms with Gasteiger partial charge in [-0.1, -0.05) is 36.0 Å². The van der Waals surface area contributed by atoms with E-state index >= 15 is 0 Å². The quantitative estimate of drug-likeness (QED) is 0.211. The Balaban J connectivity index is 1.55. The van der Waals surface area contributed by atoms with Gasteiger partial charge in [-0.25, -0.2) is 0 Å². The van der Waals surface area contributed by atoms with Gasteiger partial charge in [0.15, 0.2) is 5.78 Å². The van der Waals surface area contributed by atoms with Crippen molar-refractivity contribution < 1.29 is 14.1 Å². The van der Waals surface area contributed by atoms with Crippen LogP contribution in [0.3, 0.4) is 0 Å². The molecule has 29 heavy (non-hydrogen) atoms. The van der Waals surface area contributed by atoms with Crippen LogP contribution in [-0.4, -0.2) is 31.1 Å². The molecular weight excluding hydrogens is 392 g/mol. The number of H-pyrrole nitrogens is 1. The fraction of sp³-hybridized carbons (Fsp3) is 0.150. The zero-order chi connectivity index (χ0) is 20.5.